The lowest BCUT2D eigenvalue weighted by molar-refractivity contribution is 0.241. The Morgan fingerprint density at radius 2 is 2.06 bits per heavy atom. The molecule has 0 radical (unpaired) electrons. The van der Waals surface area contributed by atoms with Crippen molar-refractivity contribution in [3.63, 3.8) is 0 Å². The first kappa shape index (κ1) is 14.1. The van der Waals surface area contributed by atoms with Gasteiger partial charge in [0.05, 0.1) is 6.04 Å². The molecule has 1 aromatic heterocycles. The molecule has 0 bridgehead atoms. The molecule has 0 spiro atoms. The van der Waals surface area contributed by atoms with E-state index in [4.69, 9.17) is 4.42 Å². The van der Waals surface area contributed by atoms with Crippen LogP contribution in [0, 0.1) is 5.92 Å². The molecular weight excluding hydrogens is 290 g/mol. The van der Waals surface area contributed by atoms with Gasteiger partial charge in [-0.15, -0.1) is 0 Å². The Kier molecular flexibility index (Phi) is 5.31. The topological polar surface area (TPSA) is 25.2 Å². The molecule has 0 aliphatic heterocycles. The van der Waals surface area contributed by atoms with Crippen molar-refractivity contribution in [1.82, 2.24) is 5.32 Å². The van der Waals surface area contributed by atoms with E-state index in [1.807, 2.05) is 6.07 Å². The molecule has 2 unspecified atom stereocenters. The number of hydrogen-bond donors (Lipinski definition) is 1. The van der Waals surface area contributed by atoms with E-state index in [1.54, 1.807) is 0 Å². The van der Waals surface area contributed by atoms with Gasteiger partial charge in [0.2, 0.25) is 0 Å². The minimum Gasteiger partial charge on any atom is -0.453 e. The number of rotatable bonds is 5. The van der Waals surface area contributed by atoms with Crippen molar-refractivity contribution in [2.75, 3.05) is 0 Å². The summed E-state index contributed by atoms with van der Waals surface area (Å²) in [6.45, 7) is 4.48. The Morgan fingerprint density at radius 3 is 2.61 bits per heavy atom. The zero-order chi connectivity index (χ0) is 13.0. The third-order valence-electron chi connectivity index (χ3n) is 4.14. The monoisotopic (exact) mass is 313 g/mol. The van der Waals surface area contributed by atoms with Crippen molar-refractivity contribution in [3.05, 3.63) is 22.6 Å². The van der Waals surface area contributed by atoms with Crippen LogP contribution in [0.25, 0.3) is 0 Å². The van der Waals surface area contributed by atoms with Gasteiger partial charge in [0.25, 0.3) is 0 Å². The summed E-state index contributed by atoms with van der Waals surface area (Å²) in [5.74, 6) is 1.88. The molecule has 2 atom stereocenters. The van der Waals surface area contributed by atoms with Gasteiger partial charge in [0, 0.05) is 6.04 Å². The summed E-state index contributed by atoms with van der Waals surface area (Å²) in [5.41, 5.74) is 0. The standard InChI is InChI=1S/C15H24BrNO/c1-3-13(12-7-5-4-6-8-12)17-11(2)14-9-10-15(16)18-14/h9-13,17H,3-8H2,1-2H3. The van der Waals surface area contributed by atoms with Gasteiger partial charge in [-0.3, -0.25) is 0 Å². The highest BCUT2D eigenvalue weighted by Gasteiger charge is 2.24. The number of furan rings is 1. The van der Waals surface area contributed by atoms with E-state index in [1.165, 1.54) is 38.5 Å². The minimum atomic E-state index is 0.295. The van der Waals surface area contributed by atoms with Gasteiger partial charge in [-0.2, -0.15) is 0 Å². The third-order valence-corrected chi connectivity index (χ3v) is 4.57. The van der Waals surface area contributed by atoms with Gasteiger partial charge in [-0.25, -0.2) is 0 Å². The molecule has 18 heavy (non-hydrogen) atoms. The van der Waals surface area contributed by atoms with Crippen LogP contribution in [0.3, 0.4) is 0 Å². The summed E-state index contributed by atoms with van der Waals surface area (Å²) in [7, 11) is 0. The molecule has 102 valence electrons. The maximum atomic E-state index is 5.63. The van der Waals surface area contributed by atoms with E-state index in [2.05, 4.69) is 41.2 Å². The average molecular weight is 314 g/mol. The second kappa shape index (κ2) is 6.76. The molecule has 1 N–H and O–H groups in total. The summed E-state index contributed by atoms with van der Waals surface area (Å²) < 4.78 is 6.45. The zero-order valence-electron chi connectivity index (χ0n) is 11.4. The zero-order valence-corrected chi connectivity index (χ0v) is 13.0. The lowest BCUT2D eigenvalue weighted by atomic mass is 9.82. The molecule has 1 aliphatic carbocycles. The molecule has 1 fully saturated rings. The van der Waals surface area contributed by atoms with Gasteiger partial charge in [0.1, 0.15) is 5.76 Å². The van der Waals surface area contributed by atoms with Crippen molar-refractivity contribution in [1.29, 1.82) is 0 Å². The van der Waals surface area contributed by atoms with Crippen LogP contribution >= 0.6 is 15.9 Å². The fraction of sp³-hybridized carbons (Fsp3) is 0.733. The second-order valence-corrected chi connectivity index (χ2v) is 6.22. The number of halogens is 1. The van der Waals surface area contributed by atoms with Crippen LogP contribution in [-0.4, -0.2) is 6.04 Å². The molecule has 2 nitrogen and oxygen atoms in total. The molecule has 1 aromatic rings. The lowest BCUT2D eigenvalue weighted by Gasteiger charge is -2.32. The number of hydrogen-bond acceptors (Lipinski definition) is 2. The third kappa shape index (κ3) is 3.61. The molecule has 0 aromatic carbocycles. The Morgan fingerprint density at radius 1 is 1.33 bits per heavy atom. The van der Waals surface area contributed by atoms with Gasteiger partial charge in [-0.1, -0.05) is 26.2 Å². The molecule has 0 saturated heterocycles. The first-order valence-electron chi connectivity index (χ1n) is 7.22. The van der Waals surface area contributed by atoms with Crippen LogP contribution in [0.5, 0.6) is 0 Å². The Hall–Kier alpha value is -0.280. The minimum absolute atomic E-state index is 0.295. The maximum absolute atomic E-state index is 5.63. The van der Waals surface area contributed by atoms with Crippen molar-refractivity contribution in [3.8, 4) is 0 Å². The molecule has 1 aliphatic rings. The highest BCUT2D eigenvalue weighted by Crippen LogP contribution is 2.29. The summed E-state index contributed by atoms with van der Waals surface area (Å²) in [6.07, 6.45) is 8.22. The summed E-state index contributed by atoms with van der Waals surface area (Å²) in [4.78, 5) is 0. The SMILES string of the molecule is CCC(NC(C)c1ccc(Br)o1)C1CCCCC1. The molecule has 1 saturated carbocycles. The van der Waals surface area contributed by atoms with Gasteiger partial charge in [-0.05, 0) is 60.2 Å². The van der Waals surface area contributed by atoms with E-state index in [0.29, 0.717) is 12.1 Å². The van der Waals surface area contributed by atoms with Crippen LogP contribution in [-0.2, 0) is 0 Å². The van der Waals surface area contributed by atoms with E-state index < -0.39 is 0 Å². The van der Waals surface area contributed by atoms with Gasteiger partial charge in [0.15, 0.2) is 4.67 Å². The van der Waals surface area contributed by atoms with Crippen LogP contribution < -0.4 is 5.32 Å². The van der Waals surface area contributed by atoms with E-state index >= 15 is 0 Å². The maximum Gasteiger partial charge on any atom is 0.169 e. The second-order valence-electron chi connectivity index (χ2n) is 5.44. The van der Waals surface area contributed by atoms with Crippen molar-refractivity contribution >= 4 is 15.9 Å². The summed E-state index contributed by atoms with van der Waals surface area (Å²) in [6, 6.07) is 4.94. The summed E-state index contributed by atoms with van der Waals surface area (Å²) >= 11 is 3.37. The molecule has 0 amide bonds. The molecule has 1 heterocycles. The first-order valence-corrected chi connectivity index (χ1v) is 8.01. The van der Waals surface area contributed by atoms with E-state index in [0.717, 1.165) is 16.3 Å². The molecular formula is C15H24BrNO. The van der Waals surface area contributed by atoms with Crippen LogP contribution in [0.4, 0.5) is 0 Å². The predicted octanol–water partition coefficient (Wildman–Crippen LogP) is 5.05. The first-order chi connectivity index (χ1) is 8.70. The highest BCUT2D eigenvalue weighted by atomic mass is 79.9. The molecule has 2 rings (SSSR count). The average Bonchev–Trinajstić information content (AvgIpc) is 2.83. The lowest BCUT2D eigenvalue weighted by Crippen LogP contribution is -2.38. The molecule has 3 heteroatoms. The smallest absolute Gasteiger partial charge is 0.169 e. The van der Waals surface area contributed by atoms with Crippen molar-refractivity contribution < 1.29 is 4.42 Å². The quantitative estimate of drug-likeness (QED) is 0.822. The normalized spacial score (nSPS) is 20.8. The fourth-order valence-electron chi connectivity index (χ4n) is 3.09. The van der Waals surface area contributed by atoms with E-state index in [9.17, 15) is 0 Å². The van der Waals surface area contributed by atoms with Crippen molar-refractivity contribution in [2.45, 2.75) is 64.5 Å². The Labute approximate surface area is 119 Å². The largest absolute Gasteiger partial charge is 0.453 e. The Balaban J connectivity index is 1.92. The van der Waals surface area contributed by atoms with Crippen LogP contribution in [0.15, 0.2) is 21.2 Å². The van der Waals surface area contributed by atoms with Crippen molar-refractivity contribution in [2.24, 2.45) is 5.92 Å². The van der Waals surface area contributed by atoms with Gasteiger partial charge < -0.3 is 9.73 Å². The predicted molar refractivity (Wildman–Crippen MR) is 78.6 cm³/mol. The van der Waals surface area contributed by atoms with E-state index in [-0.39, 0.29) is 0 Å². The summed E-state index contributed by atoms with van der Waals surface area (Å²) in [5, 5.41) is 3.75. The van der Waals surface area contributed by atoms with Crippen LogP contribution in [0.1, 0.15) is 64.2 Å². The number of nitrogens with one attached hydrogen (secondary N) is 1. The fourth-order valence-corrected chi connectivity index (χ4v) is 3.41. The van der Waals surface area contributed by atoms with Crippen LogP contribution in [0.2, 0.25) is 0 Å². The Bertz CT molecular complexity index is 357. The highest BCUT2D eigenvalue weighted by molar-refractivity contribution is 9.10. The van der Waals surface area contributed by atoms with Gasteiger partial charge >= 0.3 is 0 Å².